The Balaban J connectivity index is 1.87. The molecule has 6 nitrogen and oxygen atoms in total. The van der Waals surface area contributed by atoms with E-state index in [0.29, 0.717) is 11.3 Å². The van der Waals surface area contributed by atoms with Crippen molar-refractivity contribution in [3.8, 4) is 5.75 Å². The van der Waals surface area contributed by atoms with Crippen LogP contribution in [0.25, 0.3) is 0 Å². The lowest BCUT2D eigenvalue weighted by molar-refractivity contribution is -0.137. The van der Waals surface area contributed by atoms with Crippen LogP contribution in [0.4, 0.5) is 0 Å². The van der Waals surface area contributed by atoms with E-state index in [2.05, 4.69) is 11.9 Å². The second-order valence-corrected chi connectivity index (χ2v) is 5.38. The number of carbonyl (C=O) groups is 2. The lowest BCUT2D eigenvalue weighted by atomic mass is 10.2. The van der Waals surface area contributed by atoms with E-state index in [1.807, 2.05) is 11.8 Å². The molecule has 2 amide bonds. The quantitative estimate of drug-likeness (QED) is 0.867. The zero-order valence-corrected chi connectivity index (χ0v) is 12.4. The molecule has 1 atom stereocenters. The summed E-state index contributed by atoms with van der Waals surface area (Å²) in [5, 5.41) is 0. The van der Waals surface area contributed by atoms with Crippen LogP contribution in [0.15, 0.2) is 24.3 Å². The number of benzene rings is 1. The molecule has 0 aromatic heterocycles. The molecule has 1 aliphatic rings. The van der Waals surface area contributed by atoms with E-state index in [1.54, 1.807) is 24.3 Å². The molecule has 1 fully saturated rings. The van der Waals surface area contributed by atoms with E-state index in [1.165, 1.54) is 0 Å². The van der Waals surface area contributed by atoms with Gasteiger partial charge in [-0.3, -0.25) is 9.59 Å². The molecule has 1 aromatic rings. The van der Waals surface area contributed by atoms with Gasteiger partial charge in [0.05, 0.1) is 0 Å². The smallest absolute Gasteiger partial charge is 0.260 e. The summed E-state index contributed by atoms with van der Waals surface area (Å²) in [6.07, 6.45) is 0. The highest BCUT2D eigenvalue weighted by Crippen LogP contribution is 2.13. The van der Waals surface area contributed by atoms with Gasteiger partial charge >= 0.3 is 0 Å². The number of hydrogen-bond acceptors (Lipinski definition) is 4. The van der Waals surface area contributed by atoms with Gasteiger partial charge in [0.15, 0.2) is 6.61 Å². The van der Waals surface area contributed by atoms with Gasteiger partial charge in [-0.05, 0) is 38.2 Å². The maximum atomic E-state index is 12.2. The first kappa shape index (κ1) is 15.3. The first-order valence-electron chi connectivity index (χ1n) is 6.98. The highest BCUT2D eigenvalue weighted by molar-refractivity contribution is 5.92. The van der Waals surface area contributed by atoms with Crippen molar-refractivity contribution in [3.05, 3.63) is 29.8 Å². The third-order valence-corrected chi connectivity index (χ3v) is 3.65. The fourth-order valence-corrected chi connectivity index (χ4v) is 2.45. The van der Waals surface area contributed by atoms with Crippen molar-refractivity contribution in [2.75, 3.05) is 33.3 Å². The molecule has 114 valence electrons. The monoisotopic (exact) mass is 291 g/mol. The summed E-state index contributed by atoms with van der Waals surface area (Å²) in [4.78, 5) is 27.2. The topological polar surface area (TPSA) is 75.9 Å². The molecule has 0 aliphatic carbocycles. The molecule has 0 spiro atoms. The average Bonchev–Trinajstić information content (AvgIpc) is 2.45. The average molecular weight is 291 g/mol. The van der Waals surface area contributed by atoms with Crippen LogP contribution in [0.2, 0.25) is 0 Å². The second-order valence-electron chi connectivity index (χ2n) is 5.38. The molecule has 0 bridgehead atoms. The molecule has 2 N–H and O–H groups in total. The van der Waals surface area contributed by atoms with Gasteiger partial charge in [-0.1, -0.05) is 0 Å². The summed E-state index contributed by atoms with van der Waals surface area (Å²) in [5.41, 5.74) is 5.58. The van der Waals surface area contributed by atoms with Gasteiger partial charge in [-0.2, -0.15) is 0 Å². The van der Waals surface area contributed by atoms with E-state index < -0.39 is 5.91 Å². The van der Waals surface area contributed by atoms with Crippen LogP contribution in [0.3, 0.4) is 0 Å². The normalized spacial score (nSPS) is 19.3. The standard InChI is InChI=1S/C15H21N3O3/c1-11-9-17(2)7-8-18(11)14(19)10-21-13-5-3-12(4-6-13)15(16)20/h3-6,11H,7-10H2,1-2H3,(H2,16,20). The third kappa shape index (κ3) is 3.95. The van der Waals surface area contributed by atoms with Crippen molar-refractivity contribution in [2.24, 2.45) is 5.73 Å². The second kappa shape index (κ2) is 6.58. The van der Waals surface area contributed by atoms with E-state index in [-0.39, 0.29) is 18.6 Å². The van der Waals surface area contributed by atoms with E-state index in [9.17, 15) is 9.59 Å². The lowest BCUT2D eigenvalue weighted by Crippen LogP contribution is -2.53. The summed E-state index contributed by atoms with van der Waals surface area (Å²) < 4.78 is 5.47. The fraction of sp³-hybridized carbons (Fsp3) is 0.467. The van der Waals surface area contributed by atoms with Gasteiger partial charge in [-0.15, -0.1) is 0 Å². The van der Waals surface area contributed by atoms with Crippen LogP contribution in [-0.4, -0.2) is 60.9 Å². The molecular formula is C15H21N3O3. The Morgan fingerprint density at radius 2 is 1.95 bits per heavy atom. The van der Waals surface area contributed by atoms with Crippen molar-refractivity contribution >= 4 is 11.8 Å². The minimum Gasteiger partial charge on any atom is -0.484 e. The summed E-state index contributed by atoms with van der Waals surface area (Å²) in [7, 11) is 2.05. The van der Waals surface area contributed by atoms with Gasteiger partial charge in [0.25, 0.3) is 5.91 Å². The van der Waals surface area contributed by atoms with Gasteiger partial charge in [-0.25, -0.2) is 0 Å². The number of nitrogens with two attached hydrogens (primary N) is 1. The zero-order chi connectivity index (χ0) is 15.4. The summed E-state index contributed by atoms with van der Waals surface area (Å²) in [6, 6.07) is 6.64. The number of carbonyl (C=O) groups excluding carboxylic acids is 2. The number of primary amides is 1. The largest absolute Gasteiger partial charge is 0.484 e. The fourth-order valence-electron chi connectivity index (χ4n) is 2.45. The molecule has 2 rings (SSSR count). The van der Waals surface area contributed by atoms with Gasteiger partial charge in [0.1, 0.15) is 5.75 Å². The molecule has 0 saturated carbocycles. The SMILES string of the molecule is CC1CN(C)CCN1C(=O)COc1ccc(C(N)=O)cc1. The maximum Gasteiger partial charge on any atom is 0.260 e. The van der Waals surface area contributed by atoms with Crippen molar-refractivity contribution in [1.82, 2.24) is 9.80 Å². The minimum atomic E-state index is -0.483. The molecule has 1 aromatic carbocycles. The van der Waals surface area contributed by atoms with Crippen molar-refractivity contribution in [3.63, 3.8) is 0 Å². The predicted molar refractivity (Wildman–Crippen MR) is 79.1 cm³/mol. The highest BCUT2D eigenvalue weighted by Gasteiger charge is 2.25. The van der Waals surface area contributed by atoms with E-state index in [4.69, 9.17) is 10.5 Å². The lowest BCUT2D eigenvalue weighted by Gasteiger charge is -2.38. The molecular weight excluding hydrogens is 270 g/mol. The van der Waals surface area contributed by atoms with Crippen LogP contribution in [0.1, 0.15) is 17.3 Å². The Bertz CT molecular complexity index is 515. The Hall–Kier alpha value is -2.08. The molecule has 0 radical (unpaired) electrons. The minimum absolute atomic E-state index is 0.00394. The molecule has 1 heterocycles. The van der Waals surface area contributed by atoms with Crippen molar-refractivity contribution < 1.29 is 14.3 Å². The van der Waals surface area contributed by atoms with E-state index >= 15 is 0 Å². The van der Waals surface area contributed by atoms with Crippen LogP contribution in [0, 0.1) is 0 Å². The maximum absolute atomic E-state index is 12.2. The molecule has 1 aliphatic heterocycles. The number of nitrogens with zero attached hydrogens (tertiary/aromatic N) is 2. The first-order valence-corrected chi connectivity index (χ1v) is 6.98. The van der Waals surface area contributed by atoms with E-state index in [0.717, 1.165) is 19.6 Å². The van der Waals surface area contributed by atoms with Gasteiger partial charge < -0.3 is 20.3 Å². The molecule has 6 heteroatoms. The number of piperazine rings is 1. The van der Waals surface area contributed by atoms with Crippen LogP contribution < -0.4 is 10.5 Å². The number of rotatable bonds is 4. The third-order valence-electron chi connectivity index (χ3n) is 3.65. The van der Waals surface area contributed by atoms with Gasteiger partial charge in [0, 0.05) is 31.2 Å². The molecule has 1 unspecified atom stereocenters. The van der Waals surface area contributed by atoms with Crippen molar-refractivity contribution in [1.29, 1.82) is 0 Å². The Morgan fingerprint density at radius 3 is 2.52 bits per heavy atom. The molecule has 21 heavy (non-hydrogen) atoms. The van der Waals surface area contributed by atoms with Crippen molar-refractivity contribution in [2.45, 2.75) is 13.0 Å². The number of ether oxygens (including phenoxy) is 1. The number of likely N-dealkylation sites (N-methyl/N-ethyl adjacent to an activating group) is 1. The Kier molecular flexibility index (Phi) is 4.80. The number of hydrogen-bond donors (Lipinski definition) is 1. The predicted octanol–water partition coefficient (Wildman–Crippen LogP) is 0.327. The Morgan fingerprint density at radius 1 is 1.29 bits per heavy atom. The van der Waals surface area contributed by atoms with Crippen LogP contribution >= 0.6 is 0 Å². The number of amides is 2. The van der Waals surface area contributed by atoms with Crippen LogP contribution in [-0.2, 0) is 4.79 Å². The van der Waals surface area contributed by atoms with Gasteiger partial charge in [0.2, 0.25) is 5.91 Å². The summed E-state index contributed by atoms with van der Waals surface area (Å²) in [6.45, 7) is 4.52. The summed E-state index contributed by atoms with van der Waals surface area (Å²) >= 11 is 0. The highest BCUT2D eigenvalue weighted by atomic mass is 16.5. The first-order chi connectivity index (χ1) is 9.97. The zero-order valence-electron chi connectivity index (χ0n) is 12.4. The Labute approximate surface area is 124 Å². The molecule has 1 saturated heterocycles. The summed E-state index contributed by atoms with van der Waals surface area (Å²) in [5.74, 6) is 0.0496. The van der Waals surface area contributed by atoms with Crippen LogP contribution in [0.5, 0.6) is 5.75 Å².